The number of carbonyl (C=O) groups excluding carboxylic acids is 3. The third kappa shape index (κ3) is 3.33. The monoisotopic (exact) mass is 322 g/mol. The van der Waals surface area contributed by atoms with Crippen LogP contribution < -0.4 is 4.90 Å². The molecule has 0 radical (unpaired) electrons. The van der Waals surface area contributed by atoms with Gasteiger partial charge in [0.2, 0.25) is 5.91 Å². The molecule has 0 N–H and O–H groups in total. The molecule has 8 heteroatoms. The third-order valence-corrected chi connectivity index (χ3v) is 4.27. The minimum absolute atomic E-state index is 0.0962. The van der Waals surface area contributed by atoms with Crippen molar-refractivity contribution < 1.29 is 19.3 Å². The number of ketones is 1. The Kier molecular flexibility index (Phi) is 4.60. The molecule has 2 rings (SSSR count). The number of carbonyl (C=O) groups is 3. The number of anilines is 1. The number of rotatable bonds is 4. The first kappa shape index (κ1) is 16.2. The summed E-state index contributed by atoms with van der Waals surface area (Å²) in [6.45, 7) is 2.98. The standard InChI is InChI=1S/C14H14N2O5S/c1-8(17)10-3-4-12(13(5-10)16(20)21)15-7-11(6-14(15)19)22-9(2)18/h3-5,11H,6-7H2,1-2H3. The molecule has 0 spiro atoms. The van der Waals surface area contributed by atoms with Crippen LogP contribution in [-0.2, 0) is 9.59 Å². The number of amides is 1. The fourth-order valence-corrected chi connectivity index (χ4v) is 3.26. The van der Waals surface area contributed by atoms with Crippen LogP contribution in [0.1, 0.15) is 30.6 Å². The summed E-state index contributed by atoms with van der Waals surface area (Å²) in [5.74, 6) is -0.551. The molecule has 116 valence electrons. The molecule has 22 heavy (non-hydrogen) atoms. The molecule has 7 nitrogen and oxygen atoms in total. The van der Waals surface area contributed by atoms with Crippen molar-refractivity contribution in [2.24, 2.45) is 0 Å². The van der Waals surface area contributed by atoms with Crippen LogP contribution in [-0.4, -0.2) is 33.5 Å². The van der Waals surface area contributed by atoms with Crippen molar-refractivity contribution in [3.8, 4) is 0 Å². The Hall–Kier alpha value is -2.22. The van der Waals surface area contributed by atoms with E-state index in [9.17, 15) is 24.5 Å². The SMILES string of the molecule is CC(=O)SC1CC(=O)N(c2ccc(C(C)=O)cc2[N+](=O)[O-])C1. The van der Waals surface area contributed by atoms with Gasteiger partial charge in [-0.15, -0.1) is 0 Å². The number of Topliss-reactive ketones (excluding diaryl/α,β-unsaturated/α-hetero) is 1. The summed E-state index contributed by atoms with van der Waals surface area (Å²) < 4.78 is 0. The molecule has 1 unspecified atom stereocenters. The zero-order chi connectivity index (χ0) is 16.4. The summed E-state index contributed by atoms with van der Waals surface area (Å²) in [4.78, 5) is 46.5. The Morgan fingerprint density at radius 3 is 2.59 bits per heavy atom. The van der Waals surface area contributed by atoms with Gasteiger partial charge in [-0.1, -0.05) is 11.8 Å². The molecular weight excluding hydrogens is 308 g/mol. The minimum atomic E-state index is -0.611. The second kappa shape index (κ2) is 6.27. The van der Waals surface area contributed by atoms with Gasteiger partial charge in [-0.2, -0.15) is 0 Å². The van der Waals surface area contributed by atoms with Gasteiger partial charge in [0, 0.05) is 36.8 Å². The summed E-state index contributed by atoms with van der Waals surface area (Å²) in [6.07, 6.45) is 0.163. The number of hydrogen-bond donors (Lipinski definition) is 0. The largest absolute Gasteiger partial charge is 0.305 e. The van der Waals surface area contributed by atoms with Gasteiger partial charge >= 0.3 is 0 Å². The Bertz CT molecular complexity index is 673. The second-order valence-electron chi connectivity index (χ2n) is 4.96. The second-order valence-corrected chi connectivity index (χ2v) is 6.43. The Labute approximate surface area is 130 Å². The molecule has 1 fully saturated rings. The molecule has 0 aromatic heterocycles. The average Bonchev–Trinajstić information content (AvgIpc) is 2.77. The van der Waals surface area contributed by atoms with Crippen molar-refractivity contribution in [1.82, 2.24) is 0 Å². The van der Waals surface area contributed by atoms with Gasteiger partial charge in [-0.25, -0.2) is 0 Å². The van der Waals surface area contributed by atoms with E-state index in [0.717, 1.165) is 11.8 Å². The third-order valence-electron chi connectivity index (χ3n) is 3.29. The molecule has 1 aromatic rings. The van der Waals surface area contributed by atoms with Gasteiger partial charge < -0.3 is 4.90 Å². The van der Waals surface area contributed by atoms with Gasteiger partial charge in [0.25, 0.3) is 5.69 Å². The first-order chi connectivity index (χ1) is 10.3. The highest BCUT2D eigenvalue weighted by atomic mass is 32.2. The molecule has 1 heterocycles. The van der Waals surface area contributed by atoms with E-state index in [1.165, 1.54) is 36.9 Å². The van der Waals surface area contributed by atoms with Crippen molar-refractivity contribution in [3.05, 3.63) is 33.9 Å². The molecule has 1 aromatic carbocycles. The Morgan fingerprint density at radius 2 is 2.05 bits per heavy atom. The number of nitrogens with zero attached hydrogens (tertiary/aromatic N) is 2. The molecule has 0 aliphatic carbocycles. The lowest BCUT2D eigenvalue weighted by molar-refractivity contribution is -0.384. The van der Waals surface area contributed by atoms with Crippen LogP contribution in [0.2, 0.25) is 0 Å². The van der Waals surface area contributed by atoms with E-state index in [1.807, 2.05) is 0 Å². The van der Waals surface area contributed by atoms with Crippen molar-refractivity contribution in [1.29, 1.82) is 0 Å². The highest BCUT2D eigenvalue weighted by Crippen LogP contribution is 2.35. The summed E-state index contributed by atoms with van der Waals surface area (Å²) in [5.41, 5.74) is 0.0953. The topological polar surface area (TPSA) is 97.6 Å². The highest BCUT2D eigenvalue weighted by molar-refractivity contribution is 8.14. The summed E-state index contributed by atoms with van der Waals surface area (Å²) >= 11 is 1.06. The van der Waals surface area contributed by atoms with E-state index >= 15 is 0 Å². The van der Waals surface area contributed by atoms with E-state index in [4.69, 9.17) is 0 Å². The number of benzene rings is 1. The van der Waals surface area contributed by atoms with Crippen LogP contribution in [0.25, 0.3) is 0 Å². The molecule has 1 amide bonds. The molecule has 1 aliphatic rings. The normalized spacial score (nSPS) is 17.6. The zero-order valence-electron chi connectivity index (χ0n) is 12.1. The van der Waals surface area contributed by atoms with E-state index < -0.39 is 4.92 Å². The smallest absolute Gasteiger partial charge is 0.293 e. The van der Waals surface area contributed by atoms with Crippen molar-refractivity contribution in [2.45, 2.75) is 25.5 Å². The molecule has 0 saturated carbocycles. The summed E-state index contributed by atoms with van der Waals surface area (Å²) in [7, 11) is 0. The lowest BCUT2D eigenvalue weighted by atomic mass is 10.1. The van der Waals surface area contributed by atoms with Crippen LogP contribution in [0.15, 0.2) is 18.2 Å². The Morgan fingerprint density at radius 1 is 1.36 bits per heavy atom. The quantitative estimate of drug-likeness (QED) is 0.479. The van der Waals surface area contributed by atoms with E-state index in [1.54, 1.807) is 0 Å². The van der Waals surface area contributed by atoms with Crippen LogP contribution in [0.3, 0.4) is 0 Å². The van der Waals surface area contributed by atoms with Crippen LogP contribution in [0.5, 0.6) is 0 Å². The fourth-order valence-electron chi connectivity index (χ4n) is 2.34. The molecule has 1 saturated heterocycles. The van der Waals surface area contributed by atoms with Gasteiger partial charge in [0.1, 0.15) is 5.69 Å². The van der Waals surface area contributed by atoms with Crippen molar-refractivity contribution >= 4 is 39.9 Å². The maximum absolute atomic E-state index is 12.1. The number of nitro groups is 1. The number of nitro benzene ring substituents is 1. The average molecular weight is 322 g/mol. The zero-order valence-corrected chi connectivity index (χ0v) is 12.9. The van der Waals surface area contributed by atoms with Gasteiger partial charge in [0.05, 0.1) is 4.92 Å². The van der Waals surface area contributed by atoms with Gasteiger partial charge in [0.15, 0.2) is 10.9 Å². The predicted octanol–water partition coefficient (Wildman–Crippen LogP) is 2.18. The number of thioether (sulfide) groups is 1. The highest BCUT2D eigenvalue weighted by Gasteiger charge is 2.35. The molecule has 1 atom stereocenters. The minimum Gasteiger partial charge on any atom is -0.305 e. The van der Waals surface area contributed by atoms with Crippen molar-refractivity contribution in [3.63, 3.8) is 0 Å². The predicted molar refractivity (Wildman–Crippen MR) is 82.1 cm³/mol. The first-order valence-corrected chi connectivity index (χ1v) is 7.44. The first-order valence-electron chi connectivity index (χ1n) is 6.56. The van der Waals surface area contributed by atoms with E-state index in [2.05, 4.69) is 0 Å². The van der Waals surface area contributed by atoms with Gasteiger partial charge in [-0.3, -0.25) is 24.5 Å². The number of hydrogen-bond acceptors (Lipinski definition) is 6. The molecule has 0 bridgehead atoms. The summed E-state index contributed by atoms with van der Waals surface area (Å²) in [5, 5.41) is 10.9. The molecular formula is C14H14N2O5S. The van der Waals surface area contributed by atoms with Crippen LogP contribution in [0, 0.1) is 10.1 Å². The fraction of sp³-hybridized carbons (Fsp3) is 0.357. The molecule has 1 aliphatic heterocycles. The van der Waals surface area contributed by atoms with E-state index in [0.29, 0.717) is 0 Å². The Balaban J connectivity index is 2.36. The summed E-state index contributed by atoms with van der Waals surface area (Å²) in [6, 6.07) is 4.05. The maximum atomic E-state index is 12.1. The van der Waals surface area contributed by atoms with Crippen molar-refractivity contribution in [2.75, 3.05) is 11.4 Å². The lowest BCUT2D eigenvalue weighted by Gasteiger charge is -2.16. The maximum Gasteiger partial charge on any atom is 0.293 e. The van der Waals surface area contributed by atoms with Gasteiger partial charge in [-0.05, 0) is 19.1 Å². The van der Waals surface area contributed by atoms with Crippen LogP contribution in [0.4, 0.5) is 11.4 Å². The van der Waals surface area contributed by atoms with E-state index in [-0.39, 0.29) is 52.0 Å². The van der Waals surface area contributed by atoms with Crippen LogP contribution >= 0.6 is 11.8 Å². The lowest BCUT2D eigenvalue weighted by Crippen LogP contribution is -2.26.